The van der Waals surface area contributed by atoms with Crippen molar-refractivity contribution in [3.05, 3.63) is 71.8 Å². The first-order valence-electron chi connectivity index (χ1n) is 52.5. The molecule has 8 atom stereocenters. The van der Waals surface area contributed by atoms with Crippen LogP contribution in [0.5, 0.6) is 0 Å². The van der Waals surface area contributed by atoms with E-state index in [-0.39, 0.29) is 23.6 Å². The number of nitrogens with zero attached hydrogens (tertiary/aromatic N) is 2. The number of hydrogen-bond donors (Lipinski definition) is 8. The number of aliphatic hydroxyl groups excluding tert-OH is 1. The lowest BCUT2D eigenvalue weighted by Crippen LogP contribution is -2.54. The van der Waals surface area contributed by atoms with Gasteiger partial charge in [-0.1, -0.05) is 324 Å². The van der Waals surface area contributed by atoms with Gasteiger partial charge in [-0.25, -0.2) is 0 Å². The topological polar surface area (TPSA) is 111 Å². The summed E-state index contributed by atoms with van der Waals surface area (Å²) in [7, 11) is 4.39. The third-order valence-electron chi connectivity index (χ3n) is 26.1. The molecule has 0 heterocycles. The van der Waals surface area contributed by atoms with Crippen LogP contribution in [0.3, 0.4) is 0 Å². The van der Waals surface area contributed by atoms with Crippen LogP contribution in [0.4, 0.5) is 13.2 Å². The van der Waals surface area contributed by atoms with Gasteiger partial charge in [-0.3, -0.25) is 4.90 Å². The molecule has 0 amide bonds. The molecule has 0 saturated heterocycles. The SMILES string of the molecule is CC(C)C(O)c1ccccc1.CC(C)CC1CCCC1.CC(C)CC1CCCCC1.CC(C)Cc1ccccc1.CC(C)N(C)C(C)(C)C.CC(C)N(C)C1CCC1.CC(C)NC(C)(C)C.CC(C)NC(C)(C)C(F)(F)F.CC(C)NC(C)C(C)(C)C.CC(C)NC1CC2CCC1C2.CC(C)NC1CC2CCC1C2.CC(C)NC1CCC1.CCC(C)(C)NC(C)C. The predicted molar refractivity (Wildman–Crippen MR) is 559 cm³/mol. The van der Waals surface area contributed by atoms with Crippen LogP contribution in [-0.4, -0.2) is 142 Å². The first-order valence-corrected chi connectivity index (χ1v) is 52.5. The zero-order valence-electron chi connectivity index (χ0n) is 92.3. The van der Waals surface area contributed by atoms with Crippen LogP contribution in [0, 0.1) is 64.6 Å². The number of fused-ring (bicyclic) bond motifs is 4. The number of alkyl halides is 3. The van der Waals surface area contributed by atoms with Gasteiger partial charge in [0.1, 0.15) is 5.54 Å². The number of hydrogen-bond acceptors (Lipinski definition) is 10. The molecule has 8 N–H and O–H groups in total. The molecule has 0 radical (unpaired) electrons. The molecule has 13 heteroatoms. The van der Waals surface area contributed by atoms with Gasteiger partial charge in [-0.05, 0) is 284 Å². The van der Waals surface area contributed by atoms with Gasteiger partial charge >= 0.3 is 6.18 Å². The van der Waals surface area contributed by atoms with E-state index in [0.29, 0.717) is 64.8 Å². The van der Waals surface area contributed by atoms with Crippen molar-refractivity contribution in [3.63, 3.8) is 0 Å². The summed E-state index contributed by atoms with van der Waals surface area (Å²) in [5.74, 6) is 9.28. The van der Waals surface area contributed by atoms with E-state index in [4.69, 9.17) is 0 Å². The second kappa shape index (κ2) is 67.1. The highest BCUT2D eigenvalue weighted by Crippen LogP contribution is 2.46. The molecule has 8 aliphatic rings. The van der Waals surface area contributed by atoms with E-state index in [1.807, 2.05) is 44.2 Å². The van der Waals surface area contributed by atoms with Crippen LogP contribution in [0.15, 0.2) is 60.7 Å². The van der Waals surface area contributed by atoms with E-state index in [1.165, 1.54) is 179 Å². The zero-order valence-corrected chi connectivity index (χ0v) is 92.3. The van der Waals surface area contributed by atoms with E-state index < -0.39 is 11.7 Å². The Labute approximate surface area is 787 Å². The highest BCUT2D eigenvalue weighted by atomic mass is 19.4. The molecule has 10 nitrogen and oxygen atoms in total. The molecule has 126 heavy (non-hydrogen) atoms. The van der Waals surface area contributed by atoms with Gasteiger partial charge in [0.25, 0.3) is 0 Å². The molecule has 8 aliphatic carbocycles. The first kappa shape index (κ1) is 128. The number of benzene rings is 2. The summed E-state index contributed by atoms with van der Waals surface area (Å²) in [6.45, 7) is 87.8. The van der Waals surface area contributed by atoms with Crippen LogP contribution >= 0.6 is 0 Å². The van der Waals surface area contributed by atoms with Gasteiger partial charge in [-0.2, -0.15) is 13.2 Å². The summed E-state index contributed by atoms with van der Waals surface area (Å²) in [4.78, 5) is 4.83. The van der Waals surface area contributed by atoms with Crippen LogP contribution in [0.2, 0.25) is 0 Å². The summed E-state index contributed by atoms with van der Waals surface area (Å²) in [5.41, 5.74) is 1.93. The second-order valence-electron chi connectivity index (χ2n) is 48.4. The van der Waals surface area contributed by atoms with Crippen LogP contribution in [-0.2, 0) is 6.42 Å². The van der Waals surface area contributed by atoms with Crippen molar-refractivity contribution in [3.8, 4) is 0 Å². The van der Waals surface area contributed by atoms with Crippen molar-refractivity contribution >= 4 is 0 Å². The standard InChI is InChI=1S/2C10H19N.C10H14O.C10H20.C10H14.C9H21N.C9H18.C8H17N.2C8H19N.C7H14F3N.C7H15N.C7H17N/c2*1-7(2)11-10-6-8-3-4-9(10)5-8;1-8(2)10(11)9-6-4-3-5-7-9;2*1-9(2)8-10-6-4-3-5-7-10;1-7(2)10-8(3)9(4,5)6;1-8(2)7-9-5-3-4-6-9;1-7(2)9(3)8-5-4-6-8;1-7(2)9(6)8(3,4)5;1-6-8(4,5)9-7(2)3;1-5(2)11-6(3,4)7(8,9)10;1-6(2)8-7-4-3-5-7;1-6(2)8-7(3,4)5/h2*7-11H,3-6H2,1-2H3;3-8,10-11H,1-2H3;9-10H,3-8H2,1-2H3;3-7,9H,8H2,1-2H3;7-8,10H,1-6H3;8-9H,3-7H2,1-2H3;7-8H,4-6H2,1-3H3;7H,1-6H3;7,9H,6H2,1-5H3;5,11H,1-4H3;6-8H,3-5H2,1-2H3;6,8H,1-5H3. The largest absolute Gasteiger partial charge is 0.406 e. The quantitative estimate of drug-likeness (QED) is 0.0490. The van der Waals surface area contributed by atoms with Crippen molar-refractivity contribution in [2.24, 2.45) is 64.6 Å². The Hall–Kier alpha value is -2.17. The van der Waals surface area contributed by atoms with E-state index in [0.717, 1.165) is 103 Å². The fraction of sp³-hybridized carbons (Fsp3) is 0.894. The minimum Gasteiger partial charge on any atom is -0.388 e. The van der Waals surface area contributed by atoms with Gasteiger partial charge in [0, 0.05) is 101 Å². The maximum absolute atomic E-state index is 12.1. The number of nitrogens with one attached hydrogen (secondary N) is 7. The summed E-state index contributed by atoms with van der Waals surface area (Å²) in [6.07, 6.45) is 34.9. The zero-order chi connectivity index (χ0) is 97.9. The Balaban J connectivity index is -0.00000130. The summed E-state index contributed by atoms with van der Waals surface area (Å²) < 4.78 is 36.4. The predicted octanol–water partition coefficient (Wildman–Crippen LogP) is 30.7. The third kappa shape index (κ3) is 67.9. The van der Waals surface area contributed by atoms with Gasteiger partial charge in [0.2, 0.25) is 0 Å². The fourth-order valence-electron chi connectivity index (χ4n) is 18.2. The average Bonchev–Trinajstić information content (AvgIpc) is 1.67. The van der Waals surface area contributed by atoms with Gasteiger partial charge in [-0.15, -0.1) is 0 Å². The van der Waals surface area contributed by atoms with Crippen molar-refractivity contribution in [2.45, 2.75) is 576 Å². The molecule has 4 bridgehead atoms. The molecule has 8 unspecified atom stereocenters. The Morgan fingerprint density at radius 3 is 0.992 bits per heavy atom. The minimum atomic E-state index is -4.18. The molecule has 2 aromatic carbocycles. The summed E-state index contributed by atoms with van der Waals surface area (Å²) in [5, 5.41) is 33.2. The lowest BCUT2D eigenvalue weighted by Gasteiger charge is -2.37. The second-order valence-corrected chi connectivity index (χ2v) is 48.4. The Morgan fingerprint density at radius 2 is 0.794 bits per heavy atom. The number of aliphatic hydroxyl groups is 1. The van der Waals surface area contributed by atoms with Crippen LogP contribution < -0.4 is 37.2 Å². The van der Waals surface area contributed by atoms with Crippen molar-refractivity contribution < 1.29 is 18.3 Å². The first-order chi connectivity index (χ1) is 57.8. The smallest absolute Gasteiger partial charge is 0.388 e. The average molecular weight is 1780 g/mol. The van der Waals surface area contributed by atoms with E-state index in [2.05, 4.69) is 334 Å². The van der Waals surface area contributed by atoms with Gasteiger partial charge in [0.15, 0.2) is 0 Å². The van der Waals surface area contributed by atoms with Crippen molar-refractivity contribution in [2.75, 3.05) is 14.1 Å². The lowest BCUT2D eigenvalue weighted by atomic mass is 9.84. The van der Waals surface area contributed by atoms with Gasteiger partial charge < -0.3 is 47.2 Å². The molecule has 0 aliphatic heterocycles. The molecule has 10 rings (SSSR count). The van der Waals surface area contributed by atoms with E-state index in [9.17, 15) is 18.3 Å². The highest BCUT2D eigenvalue weighted by molar-refractivity contribution is 5.18. The molecule has 0 spiro atoms. The molecule has 0 aromatic heterocycles. The van der Waals surface area contributed by atoms with Crippen molar-refractivity contribution in [1.29, 1.82) is 0 Å². The Morgan fingerprint density at radius 1 is 0.405 bits per heavy atom. The van der Waals surface area contributed by atoms with Crippen LogP contribution in [0.1, 0.15) is 468 Å². The summed E-state index contributed by atoms with van der Waals surface area (Å²) in [6, 6.07) is 29.5. The highest BCUT2D eigenvalue weighted by Gasteiger charge is 2.47. The van der Waals surface area contributed by atoms with Crippen LogP contribution in [0.25, 0.3) is 0 Å². The number of rotatable bonds is 25. The molecule has 750 valence electrons. The molecule has 8 saturated carbocycles. The van der Waals surface area contributed by atoms with E-state index >= 15 is 0 Å². The Bertz CT molecular complexity index is 2740. The third-order valence-corrected chi connectivity index (χ3v) is 26.1. The lowest BCUT2D eigenvalue weighted by molar-refractivity contribution is -0.187. The fourth-order valence-corrected chi connectivity index (χ4v) is 18.2. The Kier molecular flexibility index (Phi) is 68.1. The number of halogens is 3. The minimum absolute atomic E-state index is 0.161. The normalized spacial score (nSPS) is 20.7. The molecular formula is C113H226F3N9O. The van der Waals surface area contributed by atoms with Gasteiger partial charge in [0.05, 0.1) is 6.10 Å². The maximum atomic E-state index is 12.1. The maximum Gasteiger partial charge on any atom is 0.406 e. The summed E-state index contributed by atoms with van der Waals surface area (Å²) >= 11 is 0. The molecular weight excluding hydrogens is 1560 g/mol. The van der Waals surface area contributed by atoms with E-state index in [1.54, 1.807) is 13.8 Å². The monoisotopic (exact) mass is 1780 g/mol. The van der Waals surface area contributed by atoms with Crippen molar-refractivity contribution in [1.82, 2.24) is 47.0 Å². The molecule has 8 fully saturated rings. The molecule has 2 aromatic rings.